The Kier molecular flexibility index (Phi) is 5.80. The highest BCUT2D eigenvalue weighted by atomic mass is 16.5. The number of hydrogen-bond donors (Lipinski definition) is 1. The van der Waals surface area contributed by atoms with E-state index in [2.05, 4.69) is 5.32 Å². The molecule has 2 aromatic carbocycles. The lowest BCUT2D eigenvalue weighted by Crippen LogP contribution is -2.52. The molecule has 1 N–H and O–H groups in total. The van der Waals surface area contributed by atoms with Gasteiger partial charge in [0.2, 0.25) is 5.91 Å². The molecule has 1 heterocycles. The molecule has 1 aliphatic rings. The normalized spacial score (nSPS) is 15.4. The van der Waals surface area contributed by atoms with Crippen molar-refractivity contribution >= 4 is 11.8 Å². The highest BCUT2D eigenvalue weighted by Gasteiger charge is 2.27. The first-order valence-corrected chi connectivity index (χ1v) is 8.50. The lowest BCUT2D eigenvalue weighted by atomic mass is 10.0. The number of hydrogen-bond acceptors (Lipinski definition) is 3. The molecule has 5 heteroatoms. The smallest absolute Gasteiger partial charge is 0.251 e. The summed E-state index contributed by atoms with van der Waals surface area (Å²) < 4.78 is 5.32. The van der Waals surface area contributed by atoms with E-state index in [0.717, 1.165) is 5.56 Å². The van der Waals surface area contributed by atoms with Gasteiger partial charge >= 0.3 is 0 Å². The number of amides is 2. The van der Waals surface area contributed by atoms with Crippen molar-refractivity contribution in [2.45, 2.75) is 12.5 Å². The number of carbonyl (C=O) groups excluding carboxylic acids is 2. The van der Waals surface area contributed by atoms with Crippen LogP contribution in [0.2, 0.25) is 0 Å². The van der Waals surface area contributed by atoms with Crippen LogP contribution in [0.5, 0.6) is 0 Å². The first kappa shape index (κ1) is 17.2. The standard InChI is InChI=1S/C20H22N2O3/c23-19(17-9-5-2-6-10-17)21-18(15-16-7-3-1-4-8-16)20(24)22-11-13-25-14-12-22/h1-10,18H,11-15H2,(H,21,23)/t18-/m0/s1. The van der Waals surface area contributed by atoms with Gasteiger partial charge in [0.1, 0.15) is 6.04 Å². The summed E-state index contributed by atoms with van der Waals surface area (Å²) in [6.07, 6.45) is 0.468. The van der Waals surface area contributed by atoms with E-state index in [1.807, 2.05) is 48.5 Å². The molecule has 130 valence electrons. The largest absolute Gasteiger partial charge is 0.378 e. The predicted molar refractivity (Wildman–Crippen MR) is 95.2 cm³/mol. The predicted octanol–water partition coefficient (Wildman–Crippen LogP) is 1.89. The van der Waals surface area contributed by atoms with Crippen molar-refractivity contribution in [3.05, 3.63) is 71.8 Å². The monoisotopic (exact) mass is 338 g/mol. The lowest BCUT2D eigenvalue weighted by Gasteiger charge is -2.31. The van der Waals surface area contributed by atoms with Crippen LogP contribution in [-0.4, -0.2) is 49.1 Å². The van der Waals surface area contributed by atoms with Gasteiger partial charge < -0.3 is 15.0 Å². The third kappa shape index (κ3) is 4.67. The van der Waals surface area contributed by atoms with Crippen LogP contribution in [0.15, 0.2) is 60.7 Å². The fourth-order valence-electron chi connectivity index (χ4n) is 2.89. The molecule has 2 amide bonds. The first-order valence-electron chi connectivity index (χ1n) is 8.50. The van der Waals surface area contributed by atoms with Crippen LogP contribution in [0.1, 0.15) is 15.9 Å². The van der Waals surface area contributed by atoms with Crippen LogP contribution >= 0.6 is 0 Å². The van der Waals surface area contributed by atoms with E-state index in [0.29, 0.717) is 38.3 Å². The highest BCUT2D eigenvalue weighted by molar-refractivity contribution is 5.97. The fourth-order valence-corrected chi connectivity index (χ4v) is 2.89. The van der Waals surface area contributed by atoms with Crippen LogP contribution in [0.4, 0.5) is 0 Å². The molecule has 0 saturated carbocycles. The molecule has 0 aliphatic carbocycles. The minimum Gasteiger partial charge on any atom is -0.378 e. The lowest BCUT2D eigenvalue weighted by molar-refractivity contribution is -0.137. The first-order chi connectivity index (χ1) is 12.2. The van der Waals surface area contributed by atoms with E-state index < -0.39 is 6.04 Å². The van der Waals surface area contributed by atoms with E-state index in [-0.39, 0.29) is 11.8 Å². The zero-order valence-electron chi connectivity index (χ0n) is 14.1. The Labute approximate surface area is 147 Å². The van der Waals surface area contributed by atoms with E-state index in [4.69, 9.17) is 4.74 Å². The Morgan fingerprint density at radius 1 is 0.960 bits per heavy atom. The summed E-state index contributed by atoms with van der Waals surface area (Å²) in [5.41, 5.74) is 1.57. The Bertz CT molecular complexity index is 697. The van der Waals surface area contributed by atoms with Gasteiger partial charge in [0.05, 0.1) is 13.2 Å². The van der Waals surface area contributed by atoms with Crippen LogP contribution in [0, 0.1) is 0 Å². The molecule has 0 unspecified atom stereocenters. The van der Waals surface area contributed by atoms with Crippen molar-refractivity contribution in [1.29, 1.82) is 0 Å². The average molecular weight is 338 g/mol. The van der Waals surface area contributed by atoms with Crippen LogP contribution in [-0.2, 0) is 16.0 Å². The molecule has 1 fully saturated rings. The van der Waals surface area contributed by atoms with Crippen LogP contribution in [0.3, 0.4) is 0 Å². The second-order valence-electron chi connectivity index (χ2n) is 6.02. The van der Waals surface area contributed by atoms with Crippen molar-refractivity contribution < 1.29 is 14.3 Å². The van der Waals surface area contributed by atoms with Gasteiger partial charge in [-0.15, -0.1) is 0 Å². The fraction of sp³-hybridized carbons (Fsp3) is 0.300. The van der Waals surface area contributed by atoms with Gasteiger partial charge in [-0.2, -0.15) is 0 Å². The van der Waals surface area contributed by atoms with E-state index in [1.165, 1.54) is 0 Å². The summed E-state index contributed by atoms with van der Waals surface area (Å²) in [5, 5.41) is 2.91. The second-order valence-corrected chi connectivity index (χ2v) is 6.02. The second kappa shape index (κ2) is 8.44. The number of nitrogens with zero attached hydrogens (tertiary/aromatic N) is 1. The van der Waals surface area contributed by atoms with Crippen LogP contribution < -0.4 is 5.32 Å². The SMILES string of the molecule is O=C(N[C@@H](Cc1ccccc1)C(=O)N1CCOCC1)c1ccccc1. The van der Waals surface area contributed by atoms with Crippen LogP contribution in [0.25, 0.3) is 0 Å². The number of carbonyl (C=O) groups is 2. The molecule has 0 bridgehead atoms. The Hall–Kier alpha value is -2.66. The maximum atomic E-state index is 12.9. The van der Waals surface area contributed by atoms with Gasteiger partial charge in [0.15, 0.2) is 0 Å². The van der Waals surface area contributed by atoms with Crippen molar-refractivity contribution in [2.75, 3.05) is 26.3 Å². The summed E-state index contributed by atoms with van der Waals surface area (Å²) in [5.74, 6) is -0.292. The molecule has 1 saturated heterocycles. The van der Waals surface area contributed by atoms with Gasteiger partial charge in [0.25, 0.3) is 5.91 Å². The molecule has 5 nitrogen and oxygen atoms in total. The zero-order valence-corrected chi connectivity index (χ0v) is 14.1. The summed E-state index contributed by atoms with van der Waals surface area (Å²) >= 11 is 0. The molecular weight excluding hydrogens is 316 g/mol. The number of rotatable bonds is 5. The maximum Gasteiger partial charge on any atom is 0.251 e. The Morgan fingerprint density at radius 3 is 2.20 bits per heavy atom. The average Bonchev–Trinajstić information content (AvgIpc) is 2.69. The van der Waals surface area contributed by atoms with E-state index >= 15 is 0 Å². The van der Waals surface area contributed by atoms with Gasteiger partial charge in [-0.25, -0.2) is 0 Å². The molecule has 1 aliphatic heterocycles. The zero-order chi connectivity index (χ0) is 17.5. The Balaban J connectivity index is 1.75. The van der Waals surface area contributed by atoms with Gasteiger partial charge in [-0.05, 0) is 17.7 Å². The molecule has 25 heavy (non-hydrogen) atoms. The summed E-state index contributed by atoms with van der Waals surface area (Å²) in [4.78, 5) is 27.2. The number of ether oxygens (including phenoxy) is 1. The van der Waals surface area contributed by atoms with Crippen molar-refractivity contribution in [1.82, 2.24) is 10.2 Å². The van der Waals surface area contributed by atoms with Crippen molar-refractivity contribution in [3.63, 3.8) is 0 Å². The van der Waals surface area contributed by atoms with Crippen molar-refractivity contribution in [3.8, 4) is 0 Å². The molecule has 3 rings (SSSR count). The third-order valence-electron chi connectivity index (χ3n) is 4.24. The van der Waals surface area contributed by atoms with E-state index in [1.54, 1.807) is 17.0 Å². The number of benzene rings is 2. The molecule has 0 aromatic heterocycles. The maximum absolute atomic E-state index is 12.9. The molecule has 0 spiro atoms. The molecular formula is C20H22N2O3. The quantitative estimate of drug-likeness (QED) is 0.906. The Morgan fingerprint density at radius 2 is 1.56 bits per heavy atom. The molecule has 1 atom stereocenters. The summed E-state index contributed by atoms with van der Waals surface area (Å²) in [6.45, 7) is 2.20. The van der Waals surface area contributed by atoms with Crippen molar-refractivity contribution in [2.24, 2.45) is 0 Å². The minimum absolute atomic E-state index is 0.0589. The molecule has 0 radical (unpaired) electrons. The molecule has 2 aromatic rings. The van der Waals surface area contributed by atoms with Gasteiger partial charge in [0, 0.05) is 25.1 Å². The minimum atomic E-state index is -0.590. The van der Waals surface area contributed by atoms with Gasteiger partial charge in [-0.3, -0.25) is 9.59 Å². The number of nitrogens with one attached hydrogen (secondary N) is 1. The van der Waals surface area contributed by atoms with E-state index in [9.17, 15) is 9.59 Å². The highest BCUT2D eigenvalue weighted by Crippen LogP contribution is 2.09. The number of morpholine rings is 1. The third-order valence-corrected chi connectivity index (χ3v) is 4.24. The summed E-state index contributed by atoms with van der Waals surface area (Å²) in [6, 6.07) is 18.1. The topological polar surface area (TPSA) is 58.6 Å². The van der Waals surface area contributed by atoms with Gasteiger partial charge in [-0.1, -0.05) is 48.5 Å². The summed E-state index contributed by atoms with van der Waals surface area (Å²) in [7, 11) is 0.